The molecule has 7 heteroatoms. The molecular formula is C9H5BrClN3O2. The van der Waals surface area contributed by atoms with Crippen molar-refractivity contribution in [3.8, 4) is 5.69 Å². The van der Waals surface area contributed by atoms with Crippen LogP contribution in [-0.2, 0) is 0 Å². The largest absolute Gasteiger partial charge is 0.271 e. The third-order valence-electron chi connectivity index (χ3n) is 1.94. The van der Waals surface area contributed by atoms with Gasteiger partial charge in [-0.25, -0.2) is 4.68 Å². The standard InChI is InChI=1S/C9H5BrClN3O2/c10-6-4-12-13(5-6)9-3-7(14(15)16)1-2-8(9)11/h1-5H. The highest BCUT2D eigenvalue weighted by Gasteiger charge is 2.11. The molecule has 0 unspecified atom stereocenters. The van der Waals surface area contributed by atoms with E-state index in [0.29, 0.717) is 10.7 Å². The van der Waals surface area contributed by atoms with E-state index < -0.39 is 4.92 Å². The summed E-state index contributed by atoms with van der Waals surface area (Å²) in [5.41, 5.74) is 0.451. The minimum absolute atomic E-state index is 0.0222. The van der Waals surface area contributed by atoms with Gasteiger partial charge in [0.15, 0.2) is 0 Å². The molecule has 0 N–H and O–H groups in total. The second-order valence-corrected chi connectivity index (χ2v) is 4.32. The fourth-order valence-electron chi connectivity index (χ4n) is 1.22. The monoisotopic (exact) mass is 301 g/mol. The third kappa shape index (κ3) is 2.07. The van der Waals surface area contributed by atoms with E-state index in [-0.39, 0.29) is 5.69 Å². The van der Waals surface area contributed by atoms with Crippen LogP contribution in [0.25, 0.3) is 5.69 Å². The molecule has 0 amide bonds. The number of benzene rings is 1. The molecule has 0 saturated carbocycles. The van der Waals surface area contributed by atoms with Crippen molar-refractivity contribution in [3.05, 3.63) is 50.2 Å². The molecule has 1 heterocycles. The molecule has 5 nitrogen and oxygen atoms in total. The van der Waals surface area contributed by atoms with E-state index in [2.05, 4.69) is 21.0 Å². The predicted octanol–water partition coefficient (Wildman–Crippen LogP) is 3.20. The molecule has 0 aliphatic rings. The van der Waals surface area contributed by atoms with Gasteiger partial charge in [-0.3, -0.25) is 10.1 Å². The molecular weight excluding hydrogens is 297 g/mol. The van der Waals surface area contributed by atoms with Crippen LogP contribution in [0.2, 0.25) is 5.02 Å². The van der Waals surface area contributed by atoms with Crippen LogP contribution in [0.3, 0.4) is 0 Å². The van der Waals surface area contributed by atoms with Gasteiger partial charge in [0.1, 0.15) is 0 Å². The van der Waals surface area contributed by atoms with Crippen molar-refractivity contribution in [1.82, 2.24) is 9.78 Å². The second kappa shape index (κ2) is 4.23. The fraction of sp³-hybridized carbons (Fsp3) is 0. The molecule has 0 spiro atoms. The first-order valence-corrected chi connectivity index (χ1v) is 5.39. The summed E-state index contributed by atoms with van der Waals surface area (Å²) in [5.74, 6) is 0. The van der Waals surface area contributed by atoms with Gasteiger partial charge in [-0.05, 0) is 22.0 Å². The van der Waals surface area contributed by atoms with E-state index in [0.717, 1.165) is 4.47 Å². The molecule has 0 aliphatic carbocycles. The van der Waals surface area contributed by atoms with Gasteiger partial charge in [0.2, 0.25) is 0 Å². The number of hydrogen-bond donors (Lipinski definition) is 0. The lowest BCUT2D eigenvalue weighted by atomic mass is 10.3. The van der Waals surface area contributed by atoms with E-state index in [9.17, 15) is 10.1 Å². The normalized spacial score (nSPS) is 10.4. The van der Waals surface area contributed by atoms with Crippen molar-refractivity contribution in [2.45, 2.75) is 0 Å². The van der Waals surface area contributed by atoms with E-state index >= 15 is 0 Å². The third-order valence-corrected chi connectivity index (χ3v) is 2.67. The molecule has 0 fully saturated rings. The lowest BCUT2D eigenvalue weighted by Gasteiger charge is -2.03. The Bertz CT molecular complexity index is 555. The first kappa shape index (κ1) is 11.1. The fourth-order valence-corrected chi connectivity index (χ4v) is 1.71. The van der Waals surface area contributed by atoms with Crippen molar-refractivity contribution >= 4 is 33.2 Å². The lowest BCUT2D eigenvalue weighted by Crippen LogP contribution is -1.97. The summed E-state index contributed by atoms with van der Waals surface area (Å²) in [7, 11) is 0. The number of halogens is 2. The Kier molecular flexibility index (Phi) is 2.93. The number of nitrogens with zero attached hydrogens (tertiary/aromatic N) is 3. The molecule has 16 heavy (non-hydrogen) atoms. The maximum absolute atomic E-state index is 10.6. The second-order valence-electron chi connectivity index (χ2n) is 3.00. The first-order valence-electron chi connectivity index (χ1n) is 4.22. The van der Waals surface area contributed by atoms with Crippen molar-refractivity contribution in [2.24, 2.45) is 0 Å². The van der Waals surface area contributed by atoms with E-state index in [4.69, 9.17) is 11.6 Å². The molecule has 2 rings (SSSR count). The van der Waals surface area contributed by atoms with E-state index in [1.54, 1.807) is 12.4 Å². The van der Waals surface area contributed by atoms with Crippen LogP contribution >= 0.6 is 27.5 Å². The molecule has 0 aliphatic heterocycles. The van der Waals surface area contributed by atoms with Gasteiger partial charge in [0.05, 0.1) is 26.3 Å². The number of rotatable bonds is 2. The lowest BCUT2D eigenvalue weighted by molar-refractivity contribution is -0.384. The summed E-state index contributed by atoms with van der Waals surface area (Å²) < 4.78 is 2.24. The highest BCUT2D eigenvalue weighted by Crippen LogP contribution is 2.25. The van der Waals surface area contributed by atoms with Crippen molar-refractivity contribution in [3.63, 3.8) is 0 Å². The molecule has 2 aromatic rings. The smallest absolute Gasteiger partial charge is 0.258 e. The van der Waals surface area contributed by atoms with Gasteiger partial charge < -0.3 is 0 Å². The van der Waals surface area contributed by atoms with Crippen LogP contribution in [0.4, 0.5) is 5.69 Å². The molecule has 0 bridgehead atoms. The van der Waals surface area contributed by atoms with Crippen LogP contribution in [-0.4, -0.2) is 14.7 Å². The van der Waals surface area contributed by atoms with Crippen LogP contribution in [0.15, 0.2) is 35.1 Å². The Morgan fingerprint density at radius 1 is 1.50 bits per heavy atom. The molecule has 82 valence electrons. The molecule has 0 radical (unpaired) electrons. The average Bonchev–Trinajstić information content (AvgIpc) is 2.65. The van der Waals surface area contributed by atoms with Gasteiger partial charge in [0.25, 0.3) is 5.69 Å². The Labute approximate surface area is 104 Å². The zero-order valence-electron chi connectivity index (χ0n) is 7.80. The Morgan fingerprint density at radius 2 is 2.25 bits per heavy atom. The summed E-state index contributed by atoms with van der Waals surface area (Å²) in [5, 5.41) is 15.0. The number of aromatic nitrogens is 2. The van der Waals surface area contributed by atoms with Crippen LogP contribution in [0.5, 0.6) is 0 Å². The molecule has 0 atom stereocenters. The summed E-state index contributed by atoms with van der Waals surface area (Å²) in [6.07, 6.45) is 3.25. The minimum Gasteiger partial charge on any atom is -0.258 e. The number of nitro groups is 1. The zero-order chi connectivity index (χ0) is 11.7. The molecule has 0 saturated heterocycles. The maximum Gasteiger partial charge on any atom is 0.271 e. The van der Waals surface area contributed by atoms with Crippen LogP contribution in [0, 0.1) is 10.1 Å². The topological polar surface area (TPSA) is 61.0 Å². The minimum atomic E-state index is -0.474. The van der Waals surface area contributed by atoms with Gasteiger partial charge in [-0.2, -0.15) is 5.10 Å². The predicted molar refractivity (Wildman–Crippen MR) is 62.9 cm³/mol. The quantitative estimate of drug-likeness (QED) is 0.632. The molecule has 1 aromatic carbocycles. The Hall–Kier alpha value is -1.40. The van der Waals surface area contributed by atoms with Gasteiger partial charge >= 0.3 is 0 Å². The van der Waals surface area contributed by atoms with Gasteiger partial charge in [0, 0.05) is 18.3 Å². The number of hydrogen-bond acceptors (Lipinski definition) is 3. The maximum atomic E-state index is 10.6. The summed E-state index contributed by atoms with van der Waals surface area (Å²) >= 11 is 9.19. The summed E-state index contributed by atoms with van der Waals surface area (Å²) in [6.45, 7) is 0. The van der Waals surface area contributed by atoms with Gasteiger partial charge in [-0.1, -0.05) is 11.6 Å². The SMILES string of the molecule is O=[N+]([O-])c1ccc(Cl)c(-n2cc(Br)cn2)c1. The van der Waals surface area contributed by atoms with E-state index in [1.165, 1.54) is 22.9 Å². The Morgan fingerprint density at radius 3 is 2.81 bits per heavy atom. The van der Waals surface area contributed by atoms with Crippen LogP contribution < -0.4 is 0 Å². The summed E-state index contributed by atoms with van der Waals surface area (Å²) in [6, 6.07) is 4.21. The van der Waals surface area contributed by atoms with Crippen molar-refractivity contribution in [2.75, 3.05) is 0 Å². The number of non-ortho nitro benzene ring substituents is 1. The Balaban J connectivity index is 2.55. The highest BCUT2D eigenvalue weighted by molar-refractivity contribution is 9.10. The van der Waals surface area contributed by atoms with Crippen molar-refractivity contribution < 1.29 is 4.92 Å². The average molecular weight is 303 g/mol. The highest BCUT2D eigenvalue weighted by atomic mass is 79.9. The van der Waals surface area contributed by atoms with Crippen LogP contribution in [0.1, 0.15) is 0 Å². The zero-order valence-corrected chi connectivity index (χ0v) is 10.1. The van der Waals surface area contributed by atoms with Gasteiger partial charge in [-0.15, -0.1) is 0 Å². The van der Waals surface area contributed by atoms with E-state index in [1.807, 2.05) is 0 Å². The number of nitro benzene ring substituents is 1. The molecule has 1 aromatic heterocycles. The summed E-state index contributed by atoms with van der Waals surface area (Å²) in [4.78, 5) is 10.2. The first-order chi connectivity index (χ1) is 7.58. The van der Waals surface area contributed by atoms with Crippen molar-refractivity contribution in [1.29, 1.82) is 0 Å².